The van der Waals surface area contributed by atoms with E-state index in [1.54, 1.807) is 0 Å². The van der Waals surface area contributed by atoms with Crippen molar-refractivity contribution >= 4 is 5.97 Å². The molecule has 0 bridgehead atoms. The summed E-state index contributed by atoms with van der Waals surface area (Å²) in [4.78, 5) is 11.0. The number of carbonyl (C=O) groups is 1. The van der Waals surface area contributed by atoms with Crippen molar-refractivity contribution in [2.75, 3.05) is 13.2 Å². The Morgan fingerprint density at radius 1 is 1.50 bits per heavy atom. The molecule has 0 aliphatic heterocycles. The monoisotopic (exact) mass is 200 g/mol. The summed E-state index contributed by atoms with van der Waals surface area (Å²) in [6.45, 7) is 6.89. The summed E-state index contributed by atoms with van der Waals surface area (Å²) in [5.74, 6) is -0.459. The van der Waals surface area contributed by atoms with Crippen LogP contribution in [0.5, 0.6) is 0 Å². The first-order valence-corrected chi connectivity index (χ1v) is 5.22. The Balaban J connectivity index is 2.30. The van der Waals surface area contributed by atoms with Crippen LogP contribution in [0, 0.1) is 17.3 Å². The topological polar surface area (TPSA) is 46.5 Å². The van der Waals surface area contributed by atoms with E-state index in [0.29, 0.717) is 12.5 Å². The quantitative estimate of drug-likeness (QED) is 0.739. The van der Waals surface area contributed by atoms with Gasteiger partial charge in [0.25, 0.3) is 0 Å². The average Bonchev–Trinajstić information content (AvgIpc) is 2.77. The van der Waals surface area contributed by atoms with E-state index >= 15 is 0 Å². The molecule has 0 aromatic carbocycles. The van der Waals surface area contributed by atoms with E-state index in [2.05, 4.69) is 0 Å². The maximum atomic E-state index is 11.0. The largest absolute Gasteiger partial charge is 0.481 e. The summed E-state index contributed by atoms with van der Waals surface area (Å²) >= 11 is 0. The molecule has 0 heterocycles. The second-order valence-electron chi connectivity index (χ2n) is 5.24. The standard InChI is InChI=1S/C11H20O3/c1-11(2,3)9(10(12)13)7-14-6-8-4-5-8/h8-9H,4-7H2,1-3H3,(H,12,13). The first-order valence-electron chi connectivity index (χ1n) is 5.22. The Kier molecular flexibility index (Phi) is 3.53. The van der Waals surface area contributed by atoms with Gasteiger partial charge in [0, 0.05) is 6.61 Å². The Morgan fingerprint density at radius 3 is 2.43 bits per heavy atom. The molecule has 1 aliphatic carbocycles. The van der Waals surface area contributed by atoms with Gasteiger partial charge in [0.2, 0.25) is 0 Å². The maximum absolute atomic E-state index is 11.0. The molecule has 3 heteroatoms. The SMILES string of the molecule is CC(C)(C)C(COCC1CC1)C(=O)O. The lowest BCUT2D eigenvalue weighted by atomic mass is 9.81. The number of hydrogen-bond donors (Lipinski definition) is 1. The van der Waals surface area contributed by atoms with E-state index in [1.807, 2.05) is 20.8 Å². The highest BCUT2D eigenvalue weighted by Crippen LogP contribution is 2.30. The van der Waals surface area contributed by atoms with Gasteiger partial charge < -0.3 is 9.84 Å². The van der Waals surface area contributed by atoms with Gasteiger partial charge in [0.15, 0.2) is 0 Å². The minimum absolute atomic E-state index is 0.227. The molecule has 1 unspecified atom stereocenters. The van der Waals surface area contributed by atoms with Crippen LogP contribution >= 0.6 is 0 Å². The zero-order chi connectivity index (χ0) is 10.8. The molecular weight excluding hydrogens is 180 g/mol. The lowest BCUT2D eigenvalue weighted by Gasteiger charge is -2.26. The normalized spacial score (nSPS) is 19.4. The number of carboxylic acids is 1. The second-order valence-corrected chi connectivity index (χ2v) is 5.24. The molecular formula is C11H20O3. The van der Waals surface area contributed by atoms with Crippen LogP contribution in [0.15, 0.2) is 0 Å². The molecule has 14 heavy (non-hydrogen) atoms. The molecule has 1 atom stereocenters. The molecule has 1 fully saturated rings. The Labute approximate surface area is 85.5 Å². The molecule has 0 saturated heterocycles. The van der Waals surface area contributed by atoms with Gasteiger partial charge in [-0.1, -0.05) is 20.8 Å². The zero-order valence-corrected chi connectivity index (χ0v) is 9.25. The Hall–Kier alpha value is -0.570. The summed E-state index contributed by atoms with van der Waals surface area (Å²) in [6, 6.07) is 0. The van der Waals surface area contributed by atoms with E-state index in [1.165, 1.54) is 12.8 Å². The number of aliphatic carboxylic acids is 1. The van der Waals surface area contributed by atoms with Crippen molar-refractivity contribution in [3.8, 4) is 0 Å². The van der Waals surface area contributed by atoms with Crippen molar-refractivity contribution in [3.05, 3.63) is 0 Å². The fourth-order valence-corrected chi connectivity index (χ4v) is 1.33. The molecule has 0 amide bonds. The predicted molar refractivity (Wildman–Crippen MR) is 54.1 cm³/mol. The molecule has 3 nitrogen and oxygen atoms in total. The van der Waals surface area contributed by atoms with Crippen LogP contribution in [0.4, 0.5) is 0 Å². The van der Waals surface area contributed by atoms with Crippen LogP contribution in [0.1, 0.15) is 33.6 Å². The van der Waals surface area contributed by atoms with Crippen LogP contribution in [-0.4, -0.2) is 24.3 Å². The van der Waals surface area contributed by atoms with Crippen molar-refractivity contribution in [1.82, 2.24) is 0 Å². The molecule has 1 saturated carbocycles. The van der Waals surface area contributed by atoms with Crippen molar-refractivity contribution in [3.63, 3.8) is 0 Å². The first kappa shape index (κ1) is 11.5. The number of hydrogen-bond acceptors (Lipinski definition) is 2. The molecule has 1 rings (SSSR count). The van der Waals surface area contributed by atoms with Gasteiger partial charge in [0.1, 0.15) is 0 Å². The highest BCUT2D eigenvalue weighted by Gasteiger charge is 2.32. The molecule has 1 N–H and O–H groups in total. The minimum atomic E-state index is -0.756. The summed E-state index contributed by atoms with van der Waals surface area (Å²) < 4.78 is 5.43. The average molecular weight is 200 g/mol. The van der Waals surface area contributed by atoms with Gasteiger partial charge in [-0.2, -0.15) is 0 Å². The molecule has 0 radical (unpaired) electrons. The number of ether oxygens (including phenoxy) is 1. The highest BCUT2D eigenvalue weighted by molar-refractivity contribution is 5.71. The van der Waals surface area contributed by atoms with E-state index in [4.69, 9.17) is 9.84 Å². The molecule has 82 valence electrons. The van der Waals surface area contributed by atoms with Crippen LogP contribution in [0.3, 0.4) is 0 Å². The van der Waals surface area contributed by atoms with Gasteiger partial charge in [-0.15, -0.1) is 0 Å². The number of rotatable bonds is 5. The van der Waals surface area contributed by atoms with Gasteiger partial charge >= 0.3 is 5.97 Å². The summed E-state index contributed by atoms with van der Waals surface area (Å²) in [5.41, 5.74) is -0.227. The zero-order valence-electron chi connectivity index (χ0n) is 9.25. The van der Waals surface area contributed by atoms with Crippen LogP contribution in [0.25, 0.3) is 0 Å². The van der Waals surface area contributed by atoms with E-state index in [-0.39, 0.29) is 5.41 Å². The summed E-state index contributed by atoms with van der Waals surface area (Å²) in [5, 5.41) is 9.01. The fraction of sp³-hybridized carbons (Fsp3) is 0.909. The van der Waals surface area contributed by atoms with Crippen LogP contribution in [0.2, 0.25) is 0 Å². The fourth-order valence-electron chi connectivity index (χ4n) is 1.33. The van der Waals surface area contributed by atoms with Gasteiger partial charge in [-0.3, -0.25) is 4.79 Å². The third-order valence-corrected chi connectivity index (χ3v) is 2.68. The summed E-state index contributed by atoms with van der Waals surface area (Å²) in [7, 11) is 0. The third-order valence-electron chi connectivity index (χ3n) is 2.68. The van der Waals surface area contributed by atoms with Crippen LogP contribution < -0.4 is 0 Å². The summed E-state index contributed by atoms with van der Waals surface area (Å²) in [6.07, 6.45) is 2.49. The second kappa shape index (κ2) is 4.30. The molecule has 0 aromatic heterocycles. The Morgan fingerprint density at radius 2 is 2.07 bits per heavy atom. The highest BCUT2D eigenvalue weighted by atomic mass is 16.5. The van der Waals surface area contributed by atoms with Crippen molar-refractivity contribution in [2.24, 2.45) is 17.3 Å². The minimum Gasteiger partial charge on any atom is -0.481 e. The maximum Gasteiger partial charge on any atom is 0.309 e. The van der Waals surface area contributed by atoms with E-state index < -0.39 is 11.9 Å². The van der Waals surface area contributed by atoms with E-state index in [0.717, 1.165) is 6.61 Å². The lowest BCUT2D eigenvalue weighted by Crippen LogP contribution is -2.32. The van der Waals surface area contributed by atoms with Gasteiger partial charge in [-0.25, -0.2) is 0 Å². The van der Waals surface area contributed by atoms with E-state index in [9.17, 15) is 4.79 Å². The smallest absolute Gasteiger partial charge is 0.309 e. The van der Waals surface area contributed by atoms with Crippen LogP contribution in [-0.2, 0) is 9.53 Å². The molecule has 0 aromatic rings. The van der Waals surface area contributed by atoms with Crippen molar-refractivity contribution in [1.29, 1.82) is 0 Å². The molecule has 1 aliphatic rings. The lowest BCUT2D eigenvalue weighted by molar-refractivity contribution is -0.148. The number of carboxylic acid groups (broad SMARTS) is 1. The van der Waals surface area contributed by atoms with Crippen molar-refractivity contribution < 1.29 is 14.6 Å². The Bertz CT molecular complexity index is 201. The first-order chi connectivity index (χ1) is 6.41. The van der Waals surface area contributed by atoms with Crippen molar-refractivity contribution in [2.45, 2.75) is 33.6 Å². The predicted octanol–water partition coefficient (Wildman–Crippen LogP) is 2.16. The third kappa shape index (κ3) is 3.66. The molecule has 0 spiro atoms. The van der Waals surface area contributed by atoms with Gasteiger partial charge in [0.05, 0.1) is 12.5 Å². The van der Waals surface area contributed by atoms with Gasteiger partial charge in [-0.05, 0) is 24.2 Å².